The van der Waals surface area contributed by atoms with Crippen LogP contribution in [0.15, 0.2) is 53.7 Å². The highest BCUT2D eigenvalue weighted by Crippen LogP contribution is 2.37. The first-order valence-electron chi connectivity index (χ1n) is 9.17. The Bertz CT molecular complexity index is 1020. The Kier molecular flexibility index (Phi) is 5.39. The maximum Gasteiger partial charge on any atom is 0.240 e. The summed E-state index contributed by atoms with van der Waals surface area (Å²) in [7, 11) is 1.57. The second-order valence-electron chi connectivity index (χ2n) is 6.51. The molecule has 1 aliphatic rings. The average Bonchev–Trinajstić information content (AvgIpc) is 3.15. The standard InChI is InChI=1S/C20H20FN5O2S/c1-3-16-23-24-20-26(16)25-17(12-7-9-13(21)10-8-12)18(29-20)19(27)22-14-5-4-6-15(11-14)28-2/h4-11,17-18,25H,3H2,1-2H3,(H,22,27)/t17-,18-/m1/s1. The molecule has 0 unspecified atom stereocenters. The van der Waals surface area contributed by atoms with E-state index < -0.39 is 5.25 Å². The molecule has 0 fully saturated rings. The predicted octanol–water partition coefficient (Wildman–Crippen LogP) is 3.39. The van der Waals surface area contributed by atoms with Crippen LogP contribution in [-0.2, 0) is 11.2 Å². The molecule has 0 bridgehead atoms. The van der Waals surface area contributed by atoms with Gasteiger partial charge in [-0.15, -0.1) is 10.2 Å². The average molecular weight is 413 g/mol. The first-order chi connectivity index (χ1) is 14.1. The molecule has 1 aliphatic heterocycles. The second kappa shape index (κ2) is 8.12. The van der Waals surface area contributed by atoms with E-state index >= 15 is 0 Å². The number of amides is 1. The van der Waals surface area contributed by atoms with Crippen LogP contribution in [0.5, 0.6) is 5.75 Å². The number of benzene rings is 2. The van der Waals surface area contributed by atoms with E-state index in [-0.39, 0.29) is 17.8 Å². The van der Waals surface area contributed by atoms with Crippen molar-refractivity contribution in [2.75, 3.05) is 17.9 Å². The van der Waals surface area contributed by atoms with Crippen LogP contribution in [-0.4, -0.2) is 33.1 Å². The van der Waals surface area contributed by atoms with Gasteiger partial charge in [-0.1, -0.05) is 36.9 Å². The van der Waals surface area contributed by atoms with Crippen LogP contribution < -0.4 is 15.5 Å². The van der Waals surface area contributed by atoms with Gasteiger partial charge in [-0.25, -0.2) is 9.07 Å². The number of thioether (sulfide) groups is 1. The van der Waals surface area contributed by atoms with Crippen molar-refractivity contribution in [2.24, 2.45) is 0 Å². The number of carbonyl (C=O) groups is 1. The summed E-state index contributed by atoms with van der Waals surface area (Å²) in [5.74, 6) is 0.900. The van der Waals surface area contributed by atoms with Crippen LogP contribution in [0.4, 0.5) is 10.1 Å². The van der Waals surface area contributed by atoms with Gasteiger partial charge in [0.1, 0.15) is 16.8 Å². The monoisotopic (exact) mass is 413 g/mol. The molecule has 2 atom stereocenters. The predicted molar refractivity (Wildman–Crippen MR) is 109 cm³/mol. The summed E-state index contributed by atoms with van der Waals surface area (Å²) in [6, 6.07) is 12.9. The van der Waals surface area contributed by atoms with Crippen molar-refractivity contribution in [3.63, 3.8) is 0 Å². The number of hydrogen-bond acceptors (Lipinski definition) is 6. The first-order valence-corrected chi connectivity index (χ1v) is 10.0. The van der Waals surface area contributed by atoms with Crippen molar-refractivity contribution in [3.05, 3.63) is 65.7 Å². The fourth-order valence-electron chi connectivity index (χ4n) is 3.16. The molecule has 1 aromatic heterocycles. The molecule has 0 aliphatic carbocycles. The van der Waals surface area contributed by atoms with Crippen LogP contribution >= 0.6 is 11.8 Å². The minimum Gasteiger partial charge on any atom is -0.497 e. The zero-order chi connectivity index (χ0) is 20.4. The Labute approximate surface area is 171 Å². The highest BCUT2D eigenvalue weighted by Gasteiger charge is 2.37. The van der Waals surface area contributed by atoms with E-state index in [1.165, 1.54) is 23.9 Å². The molecule has 0 radical (unpaired) electrons. The van der Waals surface area contributed by atoms with Gasteiger partial charge in [-0.3, -0.25) is 4.79 Å². The lowest BCUT2D eigenvalue weighted by Gasteiger charge is -2.33. The van der Waals surface area contributed by atoms with Gasteiger partial charge in [-0.2, -0.15) is 0 Å². The first kappa shape index (κ1) is 19.3. The second-order valence-corrected chi connectivity index (χ2v) is 7.61. The molecule has 3 aromatic rings. The van der Waals surface area contributed by atoms with Crippen LogP contribution in [0.2, 0.25) is 0 Å². The number of nitrogens with one attached hydrogen (secondary N) is 2. The minimum absolute atomic E-state index is 0.197. The molecule has 2 heterocycles. The third-order valence-corrected chi connectivity index (χ3v) is 5.86. The lowest BCUT2D eigenvalue weighted by molar-refractivity contribution is -0.116. The Morgan fingerprint density at radius 2 is 2.07 bits per heavy atom. The van der Waals surface area contributed by atoms with E-state index in [1.807, 2.05) is 19.1 Å². The molecule has 1 amide bonds. The summed E-state index contributed by atoms with van der Waals surface area (Å²) in [5.41, 5.74) is 4.77. The van der Waals surface area contributed by atoms with Crippen LogP contribution in [0.3, 0.4) is 0 Å². The lowest BCUT2D eigenvalue weighted by Crippen LogP contribution is -2.41. The normalized spacial score (nSPS) is 17.9. The number of halogens is 1. The number of anilines is 1. The lowest BCUT2D eigenvalue weighted by atomic mass is 10.0. The van der Waals surface area contributed by atoms with Crippen molar-refractivity contribution in [1.82, 2.24) is 14.9 Å². The number of rotatable bonds is 5. The van der Waals surface area contributed by atoms with E-state index in [9.17, 15) is 9.18 Å². The summed E-state index contributed by atoms with van der Waals surface area (Å²) in [5, 5.41) is 11.4. The van der Waals surface area contributed by atoms with E-state index in [1.54, 1.807) is 36.1 Å². The third-order valence-electron chi connectivity index (χ3n) is 4.64. The number of carbonyl (C=O) groups excluding carboxylic acids is 1. The van der Waals surface area contributed by atoms with Gasteiger partial charge in [0.15, 0.2) is 5.82 Å². The minimum atomic E-state index is -0.534. The highest BCUT2D eigenvalue weighted by molar-refractivity contribution is 8.00. The van der Waals surface area contributed by atoms with Crippen molar-refractivity contribution < 1.29 is 13.9 Å². The number of nitrogens with zero attached hydrogens (tertiary/aromatic N) is 3. The Morgan fingerprint density at radius 3 is 2.79 bits per heavy atom. The van der Waals surface area contributed by atoms with Gasteiger partial charge in [0.2, 0.25) is 11.1 Å². The van der Waals surface area contributed by atoms with Crippen LogP contribution in [0.25, 0.3) is 0 Å². The van der Waals surface area contributed by atoms with Gasteiger partial charge in [0.05, 0.1) is 13.2 Å². The molecule has 2 aromatic carbocycles. The molecule has 29 heavy (non-hydrogen) atoms. The van der Waals surface area contributed by atoms with Crippen molar-refractivity contribution in [3.8, 4) is 5.75 Å². The van der Waals surface area contributed by atoms with Crippen LogP contribution in [0, 0.1) is 5.82 Å². The molecule has 0 saturated heterocycles. The van der Waals surface area contributed by atoms with Crippen molar-refractivity contribution in [2.45, 2.75) is 29.8 Å². The molecule has 9 heteroatoms. The number of aryl methyl sites for hydroxylation is 1. The van der Waals surface area contributed by atoms with E-state index in [4.69, 9.17) is 4.74 Å². The largest absolute Gasteiger partial charge is 0.497 e. The number of fused-ring (bicyclic) bond motifs is 1. The van der Waals surface area contributed by atoms with E-state index in [0.29, 0.717) is 23.0 Å². The Morgan fingerprint density at radius 1 is 1.28 bits per heavy atom. The number of methoxy groups -OCH3 is 1. The van der Waals surface area contributed by atoms with Crippen molar-refractivity contribution >= 4 is 23.4 Å². The molecular formula is C20H20FN5O2S. The maximum atomic E-state index is 13.4. The summed E-state index contributed by atoms with van der Waals surface area (Å²) in [6.07, 6.45) is 0.692. The van der Waals surface area contributed by atoms with Gasteiger partial charge >= 0.3 is 0 Å². The SMILES string of the molecule is CCc1nnc2n1N[C@H](c1ccc(F)cc1)[C@H](C(=O)Nc1cccc(OC)c1)S2. The van der Waals surface area contributed by atoms with Crippen molar-refractivity contribution in [1.29, 1.82) is 0 Å². The smallest absolute Gasteiger partial charge is 0.240 e. The Balaban J connectivity index is 1.65. The molecule has 2 N–H and O–H groups in total. The fraction of sp³-hybridized carbons (Fsp3) is 0.250. The molecule has 0 saturated carbocycles. The molecular weight excluding hydrogens is 393 g/mol. The molecule has 150 valence electrons. The molecule has 0 spiro atoms. The molecule has 4 rings (SSSR count). The molecule has 7 nitrogen and oxygen atoms in total. The zero-order valence-corrected chi connectivity index (χ0v) is 16.7. The summed E-state index contributed by atoms with van der Waals surface area (Å²) < 4.78 is 20.5. The van der Waals surface area contributed by atoms with Gasteiger partial charge in [0, 0.05) is 18.2 Å². The van der Waals surface area contributed by atoms with Gasteiger partial charge < -0.3 is 15.5 Å². The Hall–Kier alpha value is -3.07. The third kappa shape index (κ3) is 3.91. The number of aromatic nitrogens is 3. The zero-order valence-electron chi connectivity index (χ0n) is 15.9. The number of ether oxygens (including phenoxy) is 1. The van der Waals surface area contributed by atoms with Gasteiger partial charge in [0.25, 0.3) is 0 Å². The van der Waals surface area contributed by atoms with E-state index in [2.05, 4.69) is 20.9 Å². The number of hydrogen-bond donors (Lipinski definition) is 2. The van der Waals surface area contributed by atoms with Crippen LogP contribution in [0.1, 0.15) is 24.4 Å². The van der Waals surface area contributed by atoms with E-state index in [0.717, 1.165) is 11.4 Å². The fourth-order valence-corrected chi connectivity index (χ4v) is 4.26. The topological polar surface area (TPSA) is 81.1 Å². The quantitative estimate of drug-likeness (QED) is 0.667. The summed E-state index contributed by atoms with van der Waals surface area (Å²) >= 11 is 1.33. The highest BCUT2D eigenvalue weighted by atomic mass is 32.2. The summed E-state index contributed by atoms with van der Waals surface area (Å²) in [6.45, 7) is 1.98. The maximum absolute atomic E-state index is 13.4. The summed E-state index contributed by atoms with van der Waals surface area (Å²) in [4.78, 5) is 13.2. The van der Waals surface area contributed by atoms with Gasteiger partial charge in [-0.05, 0) is 29.8 Å².